The van der Waals surface area contributed by atoms with Crippen molar-refractivity contribution in [3.05, 3.63) is 30.7 Å². The molecule has 1 atom stereocenters. The third-order valence-corrected chi connectivity index (χ3v) is 7.43. The van der Waals surface area contributed by atoms with Crippen molar-refractivity contribution < 1.29 is 17.9 Å². The fourth-order valence-electron chi connectivity index (χ4n) is 4.04. The topological polar surface area (TPSA) is 111 Å². The van der Waals surface area contributed by atoms with Crippen molar-refractivity contribution in [2.45, 2.75) is 50.0 Å². The molecule has 0 bridgehead atoms. The monoisotopic (exact) mass is 436 g/mol. The Morgan fingerprint density at radius 3 is 2.70 bits per heavy atom. The first-order chi connectivity index (χ1) is 14.2. The summed E-state index contributed by atoms with van der Waals surface area (Å²) < 4.78 is 37.1. The number of amides is 1. The van der Waals surface area contributed by atoms with Gasteiger partial charge in [0, 0.05) is 45.3 Å². The lowest BCUT2D eigenvalue weighted by atomic mass is 9.89. The molecule has 1 saturated heterocycles. The lowest BCUT2D eigenvalue weighted by molar-refractivity contribution is -0.170. The highest BCUT2D eigenvalue weighted by Crippen LogP contribution is 2.41. The lowest BCUT2D eigenvalue weighted by Crippen LogP contribution is -2.54. The Kier molecular flexibility index (Phi) is 5.45. The van der Waals surface area contributed by atoms with Crippen LogP contribution in [-0.4, -0.2) is 63.5 Å². The van der Waals surface area contributed by atoms with Gasteiger partial charge in [0.1, 0.15) is 11.4 Å². The number of hydrogen-bond donors (Lipinski definition) is 1. The molecule has 2 aliphatic heterocycles. The molecule has 2 aliphatic rings. The molecule has 2 aromatic heterocycles. The van der Waals surface area contributed by atoms with E-state index in [2.05, 4.69) is 15.3 Å². The molecule has 0 radical (unpaired) electrons. The summed E-state index contributed by atoms with van der Waals surface area (Å²) in [7, 11) is -1.94. The molecule has 4 heterocycles. The second-order valence-electron chi connectivity index (χ2n) is 8.42. The molecule has 1 fully saturated rings. The predicted molar refractivity (Wildman–Crippen MR) is 108 cm³/mol. The summed E-state index contributed by atoms with van der Waals surface area (Å²) >= 11 is 0. The van der Waals surface area contributed by atoms with Crippen LogP contribution in [0.2, 0.25) is 0 Å². The first kappa shape index (κ1) is 21.0. The van der Waals surface area contributed by atoms with E-state index in [4.69, 9.17) is 4.74 Å². The number of imidazole rings is 2. The van der Waals surface area contributed by atoms with E-state index in [-0.39, 0.29) is 24.0 Å². The average Bonchev–Trinajstić information content (AvgIpc) is 3.36. The van der Waals surface area contributed by atoms with Crippen molar-refractivity contribution in [3.8, 4) is 0 Å². The maximum absolute atomic E-state index is 12.9. The van der Waals surface area contributed by atoms with E-state index < -0.39 is 21.7 Å². The summed E-state index contributed by atoms with van der Waals surface area (Å²) in [5, 5.41) is 2.98. The van der Waals surface area contributed by atoms with Gasteiger partial charge in [-0.1, -0.05) is 13.8 Å². The standard InChI is InChI=1S/C19H28N6O4S/c1-14(2)10-21-17(26)15-11-24-9-6-20-18(24)19(29-15)4-7-25(8-5-19)30(27,28)16-12-23(3)13-22-16/h6,9,12-15H,4-5,7-8,10-11H2,1-3H3,(H,21,26). The molecule has 164 valence electrons. The van der Waals surface area contributed by atoms with Crippen LogP contribution < -0.4 is 5.32 Å². The fraction of sp³-hybridized carbons (Fsp3) is 0.632. The van der Waals surface area contributed by atoms with Crippen molar-refractivity contribution in [3.63, 3.8) is 0 Å². The molecule has 10 nitrogen and oxygen atoms in total. The Hall–Kier alpha value is -2.24. The van der Waals surface area contributed by atoms with Crippen LogP contribution in [0.25, 0.3) is 0 Å². The Bertz CT molecular complexity index is 1020. The van der Waals surface area contributed by atoms with E-state index in [1.54, 1.807) is 17.8 Å². The maximum atomic E-state index is 12.9. The quantitative estimate of drug-likeness (QED) is 0.729. The number of aryl methyl sites for hydroxylation is 1. The zero-order valence-electron chi connectivity index (χ0n) is 17.5. The van der Waals surface area contributed by atoms with Gasteiger partial charge < -0.3 is 19.2 Å². The van der Waals surface area contributed by atoms with Gasteiger partial charge in [0.25, 0.3) is 15.9 Å². The zero-order chi connectivity index (χ0) is 21.5. The molecule has 11 heteroatoms. The highest BCUT2D eigenvalue weighted by molar-refractivity contribution is 7.89. The predicted octanol–water partition coefficient (Wildman–Crippen LogP) is 0.468. The highest BCUT2D eigenvalue weighted by Gasteiger charge is 2.48. The van der Waals surface area contributed by atoms with Crippen molar-refractivity contribution in [2.24, 2.45) is 13.0 Å². The minimum Gasteiger partial charge on any atom is -0.354 e. The average molecular weight is 437 g/mol. The van der Waals surface area contributed by atoms with Gasteiger partial charge in [0.2, 0.25) is 0 Å². The Balaban J connectivity index is 1.52. The van der Waals surface area contributed by atoms with Crippen LogP contribution in [0.5, 0.6) is 0 Å². The number of hydrogen-bond acceptors (Lipinski definition) is 6. The van der Waals surface area contributed by atoms with E-state index in [1.165, 1.54) is 16.8 Å². The molecule has 1 amide bonds. The van der Waals surface area contributed by atoms with E-state index >= 15 is 0 Å². The SMILES string of the molecule is CC(C)CNC(=O)C1Cn2ccnc2C2(CCN(S(=O)(=O)c3cn(C)cn3)CC2)O1. The molecular formula is C19H28N6O4S. The lowest BCUT2D eigenvalue weighted by Gasteiger charge is -2.45. The van der Waals surface area contributed by atoms with Gasteiger partial charge in [0.05, 0.1) is 12.9 Å². The fourth-order valence-corrected chi connectivity index (χ4v) is 5.44. The summed E-state index contributed by atoms with van der Waals surface area (Å²) in [6, 6.07) is 0. The van der Waals surface area contributed by atoms with Gasteiger partial charge in [-0.3, -0.25) is 4.79 Å². The van der Waals surface area contributed by atoms with Gasteiger partial charge in [-0.2, -0.15) is 4.31 Å². The Labute approximate surface area is 176 Å². The third kappa shape index (κ3) is 3.77. The van der Waals surface area contributed by atoms with Crippen LogP contribution in [0.4, 0.5) is 0 Å². The number of rotatable bonds is 5. The van der Waals surface area contributed by atoms with Crippen LogP contribution in [0.3, 0.4) is 0 Å². The van der Waals surface area contributed by atoms with E-state index in [0.29, 0.717) is 31.8 Å². The number of sulfonamides is 1. The number of piperidine rings is 1. The second kappa shape index (κ2) is 7.78. The molecule has 1 spiro atoms. The smallest absolute Gasteiger partial charge is 0.262 e. The summed E-state index contributed by atoms with van der Waals surface area (Å²) in [6.45, 7) is 5.60. The molecule has 0 aliphatic carbocycles. The van der Waals surface area contributed by atoms with Crippen molar-refractivity contribution >= 4 is 15.9 Å². The van der Waals surface area contributed by atoms with E-state index in [1.807, 2.05) is 24.6 Å². The van der Waals surface area contributed by atoms with Crippen molar-refractivity contribution in [1.82, 2.24) is 28.7 Å². The normalized spacial score (nSPS) is 21.7. The van der Waals surface area contributed by atoms with Crippen LogP contribution in [0.1, 0.15) is 32.5 Å². The number of carbonyl (C=O) groups excluding carboxylic acids is 1. The molecule has 30 heavy (non-hydrogen) atoms. The summed E-state index contributed by atoms with van der Waals surface area (Å²) in [5.74, 6) is 0.951. The Morgan fingerprint density at radius 2 is 2.07 bits per heavy atom. The Morgan fingerprint density at radius 1 is 1.33 bits per heavy atom. The number of carbonyl (C=O) groups is 1. The summed E-state index contributed by atoms with van der Waals surface area (Å²) in [4.78, 5) is 21.2. The third-order valence-electron chi connectivity index (χ3n) is 5.65. The van der Waals surface area contributed by atoms with Crippen molar-refractivity contribution in [2.75, 3.05) is 19.6 Å². The van der Waals surface area contributed by atoms with Gasteiger partial charge >= 0.3 is 0 Å². The molecule has 2 aromatic rings. The number of nitrogens with one attached hydrogen (secondary N) is 1. The van der Waals surface area contributed by atoms with Gasteiger partial charge in [0.15, 0.2) is 11.1 Å². The highest BCUT2D eigenvalue weighted by atomic mass is 32.2. The molecule has 0 saturated carbocycles. The zero-order valence-corrected chi connectivity index (χ0v) is 18.3. The van der Waals surface area contributed by atoms with Gasteiger partial charge in [-0.15, -0.1) is 0 Å². The number of aromatic nitrogens is 4. The molecule has 1 unspecified atom stereocenters. The van der Waals surface area contributed by atoms with Crippen LogP contribution in [0.15, 0.2) is 29.9 Å². The molecular weight excluding hydrogens is 408 g/mol. The number of nitrogens with zero attached hydrogens (tertiary/aromatic N) is 5. The number of fused-ring (bicyclic) bond motifs is 2. The molecule has 1 N–H and O–H groups in total. The minimum absolute atomic E-state index is 0.0398. The minimum atomic E-state index is -3.67. The molecule has 4 rings (SSSR count). The largest absolute Gasteiger partial charge is 0.354 e. The first-order valence-corrected chi connectivity index (χ1v) is 11.6. The van der Waals surface area contributed by atoms with Gasteiger partial charge in [-0.05, 0) is 18.8 Å². The molecule has 0 aromatic carbocycles. The first-order valence-electron chi connectivity index (χ1n) is 10.2. The summed E-state index contributed by atoms with van der Waals surface area (Å²) in [6.07, 6.45) is 6.72. The van der Waals surface area contributed by atoms with Crippen LogP contribution >= 0.6 is 0 Å². The van der Waals surface area contributed by atoms with E-state index in [9.17, 15) is 13.2 Å². The van der Waals surface area contributed by atoms with E-state index in [0.717, 1.165) is 5.82 Å². The number of ether oxygens (including phenoxy) is 1. The van der Waals surface area contributed by atoms with Crippen LogP contribution in [-0.2, 0) is 38.7 Å². The van der Waals surface area contributed by atoms with Gasteiger partial charge in [-0.25, -0.2) is 18.4 Å². The maximum Gasteiger partial charge on any atom is 0.262 e. The second-order valence-corrected chi connectivity index (χ2v) is 10.3. The van der Waals surface area contributed by atoms with Crippen LogP contribution in [0, 0.1) is 5.92 Å². The van der Waals surface area contributed by atoms with Crippen molar-refractivity contribution in [1.29, 1.82) is 0 Å². The summed E-state index contributed by atoms with van der Waals surface area (Å²) in [5.41, 5.74) is -0.780.